The molecule has 2 aromatic carbocycles. The molecule has 180 valence electrons. The zero-order chi connectivity index (χ0) is 24.5. The molecule has 1 saturated heterocycles. The lowest BCUT2D eigenvalue weighted by atomic mass is 9.95. The normalized spacial score (nSPS) is 22.0. The Morgan fingerprint density at radius 2 is 1.76 bits per heavy atom. The van der Waals surface area contributed by atoms with Gasteiger partial charge in [-0.25, -0.2) is 0 Å². The van der Waals surface area contributed by atoms with Crippen molar-refractivity contribution in [2.24, 2.45) is 5.92 Å². The third kappa shape index (κ3) is 4.58. The van der Waals surface area contributed by atoms with Crippen molar-refractivity contribution in [2.75, 3.05) is 6.54 Å². The van der Waals surface area contributed by atoms with E-state index in [0.29, 0.717) is 12.1 Å². The van der Waals surface area contributed by atoms with Crippen LogP contribution in [-0.2, 0) is 16.0 Å². The van der Waals surface area contributed by atoms with Gasteiger partial charge < -0.3 is 15.5 Å². The highest BCUT2D eigenvalue weighted by molar-refractivity contribution is 8.01. The van der Waals surface area contributed by atoms with E-state index in [1.54, 1.807) is 16.7 Å². The van der Waals surface area contributed by atoms with Crippen molar-refractivity contribution in [3.8, 4) is 0 Å². The largest absolute Gasteiger partial charge is 0.354 e. The maximum Gasteiger partial charge on any atom is 0.256 e. The van der Waals surface area contributed by atoms with Crippen LogP contribution in [0.15, 0.2) is 54.6 Å². The summed E-state index contributed by atoms with van der Waals surface area (Å²) in [5, 5.41) is 5.82. The smallest absolute Gasteiger partial charge is 0.256 e. The first kappa shape index (κ1) is 24.3. The number of carbonyl (C=O) groups excluding carboxylic acids is 3. The van der Waals surface area contributed by atoms with Gasteiger partial charge in [0.05, 0.1) is 0 Å². The van der Waals surface area contributed by atoms with Crippen molar-refractivity contribution >= 4 is 29.5 Å². The number of nitrogens with one attached hydrogen (secondary N) is 2. The molecule has 2 aliphatic heterocycles. The Morgan fingerprint density at radius 3 is 2.47 bits per heavy atom. The zero-order valence-electron chi connectivity index (χ0n) is 20.2. The Balaban J connectivity index is 1.48. The van der Waals surface area contributed by atoms with Crippen LogP contribution in [0.1, 0.15) is 61.0 Å². The van der Waals surface area contributed by atoms with Gasteiger partial charge in [0.25, 0.3) is 5.91 Å². The fourth-order valence-corrected chi connectivity index (χ4v) is 6.41. The van der Waals surface area contributed by atoms with Crippen LogP contribution in [0.5, 0.6) is 0 Å². The molecule has 0 unspecified atom stereocenters. The fourth-order valence-electron chi connectivity index (χ4n) is 4.82. The number of rotatable bonds is 8. The average Bonchev–Trinajstić information content (AvgIpc) is 3.26. The standard InChI is InChI=1S/C27H33N3O3S/c1-5-17(2)21(23(31)28-16-15-18-11-7-6-8-12-18)29-24(32)22-27(3,4)34-26-20-14-10-9-13-19(20)25(33)30(22)26/h6-14,17,21-22,26H,5,15-16H2,1-4H3,(H,28,31)(H,29,32)/t17-,21+,22+,26-/m1/s1. The maximum absolute atomic E-state index is 13.6. The second kappa shape index (κ2) is 9.82. The summed E-state index contributed by atoms with van der Waals surface area (Å²) in [4.78, 5) is 41.7. The predicted octanol–water partition coefficient (Wildman–Crippen LogP) is 3.92. The molecule has 0 spiro atoms. The summed E-state index contributed by atoms with van der Waals surface area (Å²) in [6.45, 7) is 8.46. The summed E-state index contributed by atoms with van der Waals surface area (Å²) in [7, 11) is 0. The molecule has 0 saturated carbocycles. The Hall–Kier alpha value is -2.80. The van der Waals surface area contributed by atoms with E-state index in [2.05, 4.69) is 10.6 Å². The van der Waals surface area contributed by atoms with E-state index in [4.69, 9.17) is 0 Å². The second-order valence-electron chi connectivity index (χ2n) is 9.67. The van der Waals surface area contributed by atoms with Crippen LogP contribution in [0.2, 0.25) is 0 Å². The molecule has 34 heavy (non-hydrogen) atoms. The molecule has 3 amide bonds. The highest BCUT2D eigenvalue weighted by Crippen LogP contribution is 2.56. The van der Waals surface area contributed by atoms with Crippen molar-refractivity contribution in [1.29, 1.82) is 0 Å². The lowest BCUT2D eigenvalue weighted by molar-refractivity contribution is -0.132. The van der Waals surface area contributed by atoms with E-state index >= 15 is 0 Å². The maximum atomic E-state index is 13.6. The molecular weight excluding hydrogens is 446 g/mol. The monoisotopic (exact) mass is 479 g/mol. The third-order valence-corrected chi connectivity index (χ3v) is 8.43. The summed E-state index contributed by atoms with van der Waals surface area (Å²) >= 11 is 1.63. The van der Waals surface area contributed by atoms with E-state index in [0.717, 1.165) is 24.0 Å². The van der Waals surface area contributed by atoms with Crippen molar-refractivity contribution in [2.45, 2.75) is 62.7 Å². The van der Waals surface area contributed by atoms with Crippen LogP contribution in [0.25, 0.3) is 0 Å². The van der Waals surface area contributed by atoms with Crippen LogP contribution in [0, 0.1) is 5.92 Å². The number of hydrogen-bond donors (Lipinski definition) is 2. The second-order valence-corrected chi connectivity index (χ2v) is 11.4. The van der Waals surface area contributed by atoms with Crippen molar-refractivity contribution in [3.05, 3.63) is 71.3 Å². The molecule has 0 bridgehead atoms. The number of nitrogens with zero attached hydrogens (tertiary/aromatic N) is 1. The molecule has 0 aromatic heterocycles. The van der Waals surface area contributed by atoms with Gasteiger partial charge in [0.1, 0.15) is 17.5 Å². The fraction of sp³-hybridized carbons (Fsp3) is 0.444. The SMILES string of the molecule is CC[C@@H](C)[C@H](NC(=O)[C@@H]1N2C(=O)c3ccccc3[C@H]2SC1(C)C)C(=O)NCCc1ccccc1. The molecule has 0 aliphatic carbocycles. The van der Waals surface area contributed by atoms with Crippen molar-refractivity contribution < 1.29 is 14.4 Å². The summed E-state index contributed by atoms with van der Waals surface area (Å²) in [5.41, 5.74) is 2.76. The highest BCUT2D eigenvalue weighted by Gasteiger charge is 2.57. The number of fused-ring (bicyclic) bond motifs is 3. The van der Waals surface area contributed by atoms with Crippen molar-refractivity contribution in [3.63, 3.8) is 0 Å². The number of benzene rings is 2. The molecule has 2 aliphatic rings. The lowest BCUT2D eigenvalue weighted by Crippen LogP contribution is -2.58. The first-order chi connectivity index (χ1) is 16.2. The van der Waals surface area contributed by atoms with Gasteiger partial charge in [0.2, 0.25) is 11.8 Å². The lowest BCUT2D eigenvalue weighted by Gasteiger charge is -2.32. The van der Waals surface area contributed by atoms with E-state index in [-0.39, 0.29) is 29.0 Å². The highest BCUT2D eigenvalue weighted by atomic mass is 32.2. The minimum absolute atomic E-state index is 0.0416. The van der Waals surface area contributed by atoms with Gasteiger partial charge in [-0.15, -0.1) is 11.8 Å². The molecular formula is C27H33N3O3S. The summed E-state index contributed by atoms with van der Waals surface area (Å²) in [6.07, 6.45) is 1.47. The topological polar surface area (TPSA) is 78.5 Å². The van der Waals surface area contributed by atoms with Crippen LogP contribution in [-0.4, -0.2) is 46.0 Å². The van der Waals surface area contributed by atoms with Gasteiger partial charge in [-0.05, 0) is 43.4 Å². The molecule has 1 fully saturated rings. The van der Waals surface area contributed by atoms with Gasteiger partial charge in [0.15, 0.2) is 0 Å². The molecule has 4 atom stereocenters. The van der Waals surface area contributed by atoms with E-state index in [9.17, 15) is 14.4 Å². The molecule has 2 heterocycles. The summed E-state index contributed by atoms with van der Waals surface area (Å²) in [5.74, 6) is -0.620. The molecule has 6 nitrogen and oxygen atoms in total. The van der Waals surface area contributed by atoms with Crippen LogP contribution < -0.4 is 10.6 Å². The summed E-state index contributed by atoms with van der Waals surface area (Å²) in [6, 6.07) is 16.2. The van der Waals surface area contributed by atoms with Crippen LogP contribution in [0.4, 0.5) is 0 Å². The quantitative estimate of drug-likeness (QED) is 0.602. The first-order valence-corrected chi connectivity index (χ1v) is 12.8. The number of hydrogen-bond acceptors (Lipinski definition) is 4. The average molecular weight is 480 g/mol. The molecule has 0 radical (unpaired) electrons. The van der Waals surface area contributed by atoms with Crippen LogP contribution >= 0.6 is 11.8 Å². The third-order valence-electron chi connectivity index (χ3n) is 6.89. The van der Waals surface area contributed by atoms with E-state index < -0.39 is 16.8 Å². The van der Waals surface area contributed by atoms with Crippen LogP contribution in [0.3, 0.4) is 0 Å². The van der Waals surface area contributed by atoms with E-state index in [1.807, 2.05) is 82.3 Å². The summed E-state index contributed by atoms with van der Waals surface area (Å²) < 4.78 is -0.484. The molecule has 7 heteroatoms. The van der Waals surface area contributed by atoms with Gasteiger partial charge in [0, 0.05) is 16.9 Å². The Morgan fingerprint density at radius 1 is 1.09 bits per heavy atom. The number of amides is 3. The number of carbonyl (C=O) groups is 3. The minimum atomic E-state index is -0.661. The number of thioether (sulfide) groups is 1. The van der Waals surface area contributed by atoms with Gasteiger partial charge in [-0.1, -0.05) is 68.8 Å². The molecule has 2 aromatic rings. The Bertz CT molecular complexity index is 1070. The molecule has 4 rings (SSSR count). The first-order valence-electron chi connectivity index (χ1n) is 12.0. The van der Waals surface area contributed by atoms with Gasteiger partial charge in [-0.3, -0.25) is 14.4 Å². The van der Waals surface area contributed by atoms with E-state index in [1.165, 1.54) is 0 Å². The Kier molecular flexibility index (Phi) is 7.03. The predicted molar refractivity (Wildman–Crippen MR) is 135 cm³/mol. The molecule has 2 N–H and O–H groups in total. The minimum Gasteiger partial charge on any atom is -0.354 e. The van der Waals surface area contributed by atoms with Crippen molar-refractivity contribution in [1.82, 2.24) is 15.5 Å². The van der Waals surface area contributed by atoms with Gasteiger partial charge >= 0.3 is 0 Å². The Labute approximate surface area is 205 Å². The zero-order valence-corrected chi connectivity index (χ0v) is 21.0. The van der Waals surface area contributed by atoms with Gasteiger partial charge in [-0.2, -0.15) is 0 Å².